The van der Waals surface area contributed by atoms with Crippen molar-refractivity contribution in [3.05, 3.63) is 85.1 Å². The molecule has 0 radical (unpaired) electrons. The Morgan fingerprint density at radius 2 is 0.865 bits per heavy atom. The minimum atomic E-state index is -4.46. The zero-order valence-corrected chi connectivity index (χ0v) is 49.7. The van der Waals surface area contributed by atoms with Gasteiger partial charge in [-0.25, -0.2) is 4.57 Å². The Morgan fingerprint density at radius 1 is 0.486 bits per heavy atom. The highest BCUT2D eigenvalue weighted by Crippen LogP contribution is 2.43. The van der Waals surface area contributed by atoms with Gasteiger partial charge in [-0.05, 0) is 102 Å². The van der Waals surface area contributed by atoms with Crippen molar-refractivity contribution in [3.63, 3.8) is 0 Å². The fraction of sp³-hybridized carbons (Fsp3) is 0.750. The molecular formula is C64H116N2O7P+. The van der Waals surface area contributed by atoms with Crippen molar-refractivity contribution >= 4 is 19.7 Å². The van der Waals surface area contributed by atoms with Crippen LogP contribution in [0.3, 0.4) is 0 Å². The Balaban J connectivity index is 5.29. The van der Waals surface area contributed by atoms with Crippen molar-refractivity contribution < 1.29 is 37.3 Å². The second-order valence-corrected chi connectivity index (χ2v) is 22.9. The van der Waals surface area contributed by atoms with Crippen LogP contribution < -0.4 is 5.32 Å². The van der Waals surface area contributed by atoms with Crippen LogP contribution in [0.1, 0.15) is 258 Å². The van der Waals surface area contributed by atoms with Gasteiger partial charge < -0.3 is 19.4 Å². The average molecular weight is 1060 g/mol. The van der Waals surface area contributed by atoms with E-state index in [4.69, 9.17) is 13.8 Å². The van der Waals surface area contributed by atoms with Crippen molar-refractivity contribution in [2.45, 2.75) is 270 Å². The molecule has 428 valence electrons. The van der Waals surface area contributed by atoms with Gasteiger partial charge in [0.15, 0.2) is 0 Å². The molecule has 3 unspecified atom stereocenters. The summed E-state index contributed by atoms with van der Waals surface area (Å²) < 4.78 is 30.6. The molecule has 0 aromatic heterocycles. The second-order valence-electron chi connectivity index (χ2n) is 21.5. The number of ether oxygens (including phenoxy) is 1. The number of allylic oxidation sites excluding steroid dienone is 13. The van der Waals surface area contributed by atoms with E-state index in [1.165, 1.54) is 96.3 Å². The summed E-state index contributed by atoms with van der Waals surface area (Å²) in [7, 11) is 1.47. The van der Waals surface area contributed by atoms with E-state index in [9.17, 15) is 19.0 Å². The fourth-order valence-corrected chi connectivity index (χ4v) is 9.11. The van der Waals surface area contributed by atoms with Crippen LogP contribution in [0.4, 0.5) is 0 Å². The molecule has 0 fully saturated rings. The number of esters is 1. The summed E-state index contributed by atoms with van der Waals surface area (Å²) in [5.41, 5.74) is 0. The maximum Gasteiger partial charge on any atom is 0.472 e. The summed E-state index contributed by atoms with van der Waals surface area (Å²) in [6.07, 6.45) is 70.0. The number of hydrogen-bond donors (Lipinski definition) is 2. The molecule has 0 heterocycles. The van der Waals surface area contributed by atoms with Crippen LogP contribution in [0.25, 0.3) is 0 Å². The predicted molar refractivity (Wildman–Crippen MR) is 318 cm³/mol. The third-order valence-corrected chi connectivity index (χ3v) is 14.1. The minimum Gasteiger partial charge on any atom is -0.456 e. The van der Waals surface area contributed by atoms with E-state index in [1.807, 2.05) is 33.3 Å². The van der Waals surface area contributed by atoms with Crippen molar-refractivity contribution in [2.24, 2.45) is 0 Å². The topological polar surface area (TPSA) is 111 Å². The van der Waals surface area contributed by atoms with E-state index in [1.54, 1.807) is 0 Å². The number of carbonyl (C=O) groups excluding carboxylic acids is 2. The Morgan fingerprint density at radius 3 is 1.31 bits per heavy atom. The minimum absolute atomic E-state index is 0.0320. The largest absolute Gasteiger partial charge is 0.472 e. The lowest BCUT2D eigenvalue weighted by atomic mass is 10.1. The molecule has 0 aliphatic heterocycles. The van der Waals surface area contributed by atoms with Crippen molar-refractivity contribution in [3.8, 4) is 0 Å². The number of phosphoric acid groups is 1. The maximum atomic E-state index is 13.5. The zero-order chi connectivity index (χ0) is 54.3. The SMILES string of the molecule is CC/C=C\C/C=C\C/C=C\C/C=C\C/C=C\CCCCCCCC(=O)OC(/C=C/CCCCCCCCCCC)C(COP(=O)(O)OCC[N+](C)(C)C)NC(=O)CCCCCCC/C=C/CCCCCCCCC. The van der Waals surface area contributed by atoms with Gasteiger partial charge in [0.1, 0.15) is 19.3 Å². The van der Waals surface area contributed by atoms with Crippen LogP contribution in [0, 0.1) is 0 Å². The molecular weight excluding hydrogens is 940 g/mol. The Hall–Kier alpha value is -2.81. The van der Waals surface area contributed by atoms with Crippen molar-refractivity contribution in [1.29, 1.82) is 0 Å². The van der Waals surface area contributed by atoms with Gasteiger partial charge in [-0.2, -0.15) is 0 Å². The number of nitrogens with zero attached hydrogens (tertiary/aromatic N) is 1. The van der Waals surface area contributed by atoms with Crippen LogP contribution in [-0.2, 0) is 27.9 Å². The van der Waals surface area contributed by atoms with E-state index >= 15 is 0 Å². The van der Waals surface area contributed by atoms with Crippen LogP contribution >= 0.6 is 7.82 Å². The van der Waals surface area contributed by atoms with Crippen molar-refractivity contribution in [1.82, 2.24) is 5.32 Å². The highest BCUT2D eigenvalue weighted by Gasteiger charge is 2.30. The van der Waals surface area contributed by atoms with Crippen LogP contribution in [0.2, 0.25) is 0 Å². The number of quaternary nitrogens is 1. The van der Waals surface area contributed by atoms with Gasteiger partial charge >= 0.3 is 13.8 Å². The van der Waals surface area contributed by atoms with E-state index in [0.717, 1.165) is 122 Å². The number of hydrogen-bond acceptors (Lipinski definition) is 6. The van der Waals surface area contributed by atoms with Gasteiger partial charge in [0.05, 0.1) is 33.8 Å². The first-order valence-electron chi connectivity index (χ1n) is 30.4. The molecule has 1 amide bonds. The first-order valence-corrected chi connectivity index (χ1v) is 31.9. The molecule has 74 heavy (non-hydrogen) atoms. The van der Waals surface area contributed by atoms with Gasteiger partial charge in [0.2, 0.25) is 5.91 Å². The molecule has 0 spiro atoms. The number of likely N-dealkylation sites (N-methyl/N-ethyl adjacent to an activating group) is 1. The number of phosphoric ester groups is 1. The smallest absolute Gasteiger partial charge is 0.456 e. The third-order valence-electron chi connectivity index (χ3n) is 13.1. The Kier molecular flexibility index (Phi) is 51.5. The molecule has 3 atom stereocenters. The highest BCUT2D eigenvalue weighted by atomic mass is 31.2. The molecule has 2 N–H and O–H groups in total. The summed E-state index contributed by atoms with van der Waals surface area (Å²) in [6, 6.07) is -0.864. The number of rotatable bonds is 54. The molecule has 0 rings (SSSR count). The van der Waals surface area contributed by atoms with Crippen LogP contribution in [0.15, 0.2) is 85.1 Å². The molecule has 0 saturated carbocycles. The normalized spacial score (nSPS) is 14.3. The predicted octanol–water partition coefficient (Wildman–Crippen LogP) is 18.6. The van der Waals surface area contributed by atoms with E-state index < -0.39 is 20.0 Å². The Bertz CT molecular complexity index is 1540. The van der Waals surface area contributed by atoms with E-state index in [-0.39, 0.29) is 31.5 Å². The molecule has 0 aromatic carbocycles. The molecule has 10 heteroatoms. The summed E-state index contributed by atoms with van der Waals surface area (Å²) in [5, 5.41) is 3.04. The molecule has 0 aliphatic carbocycles. The maximum absolute atomic E-state index is 13.5. The summed E-state index contributed by atoms with van der Waals surface area (Å²) >= 11 is 0. The second kappa shape index (κ2) is 53.6. The third kappa shape index (κ3) is 54.0. The van der Waals surface area contributed by atoms with Gasteiger partial charge in [0.25, 0.3) is 0 Å². The number of carbonyl (C=O) groups is 2. The highest BCUT2D eigenvalue weighted by molar-refractivity contribution is 7.47. The van der Waals surface area contributed by atoms with Gasteiger partial charge in [-0.3, -0.25) is 18.6 Å². The average Bonchev–Trinajstić information content (AvgIpc) is 3.36. The summed E-state index contributed by atoms with van der Waals surface area (Å²) in [5.74, 6) is -0.539. The van der Waals surface area contributed by atoms with Gasteiger partial charge in [0, 0.05) is 12.8 Å². The molecule has 0 aliphatic rings. The zero-order valence-electron chi connectivity index (χ0n) is 48.8. The monoisotopic (exact) mass is 1060 g/mol. The first kappa shape index (κ1) is 71.2. The van der Waals surface area contributed by atoms with Gasteiger partial charge in [-0.1, -0.05) is 228 Å². The van der Waals surface area contributed by atoms with E-state index in [0.29, 0.717) is 23.9 Å². The number of nitrogens with one attached hydrogen (secondary N) is 1. The van der Waals surface area contributed by atoms with Crippen molar-refractivity contribution in [2.75, 3.05) is 40.9 Å². The molecule has 0 saturated heterocycles. The van der Waals surface area contributed by atoms with E-state index in [2.05, 4.69) is 99.0 Å². The standard InChI is InChI=1S/C64H115N2O7P/c1-7-10-13-16-19-22-25-27-29-31-32-33-34-35-37-39-42-45-48-51-54-57-64(68)73-62(55-52-49-46-43-40-24-21-18-15-12-9-3)61(60-72-74(69,70)71-59-58-66(4,5)6)65-63(67)56-53-50-47-44-41-38-36-30-28-26-23-20-17-14-11-8-2/h10,13,19,22,27,29-30,32-33,35-37,52,55,61-62H,7-9,11-12,14-18,20-21,23-26,28,31,34,38-51,53-54,56-60H2,1-6H3,(H-,65,67,69,70)/p+1/b13-10-,22-19-,29-27-,33-32-,36-30+,37-35-,55-52+. The Labute approximate surface area is 456 Å². The fourth-order valence-electron chi connectivity index (χ4n) is 8.37. The lowest BCUT2D eigenvalue weighted by Gasteiger charge is -2.27. The quantitative estimate of drug-likeness (QED) is 0.0205. The number of amides is 1. The first-order chi connectivity index (χ1) is 35.9. The molecule has 0 bridgehead atoms. The molecule has 0 aromatic rings. The van der Waals surface area contributed by atoms with Gasteiger partial charge in [-0.15, -0.1) is 0 Å². The summed E-state index contributed by atoms with van der Waals surface area (Å²) in [4.78, 5) is 37.6. The molecule has 9 nitrogen and oxygen atoms in total. The summed E-state index contributed by atoms with van der Waals surface area (Å²) in [6.45, 7) is 6.87. The van der Waals surface area contributed by atoms with Crippen LogP contribution in [-0.4, -0.2) is 74.3 Å². The van der Waals surface area contributed by atoms with Crippen LogP contribution in [0.5, 0.6) is 0 Å². The lowest BCUT2D eigenvalue weighted by Crippen LogP contribution is -2.47. The number of unbranched alkanes of at least 4 members (excludes halogenated alkanes) is 26. The lowest BCUT2D eigenvalue weighted by molar-refractivity contribution is -0.870.